The number of aliphatic hydroxyl groups is 1. The quantitative estimate of drug-likeness (QED) is 0.876. The molecule has 0 radical (unpaired) electrons. The van der Waals surface area contributed by atoms with E-state index < -0.39 is 0 Å². The van der Waals surface area contributed by atoms with Crippen molar-refractivity contribution in [3.8, 4) is 0 Å². The molecule has 0 heterocycles. The Labute approximate surface area is 115 Å². The minimum atomic E-state index is -0.228. The van der Waals surface area contributed by atoms with Gasteiger partial charge in [-0.2, -0.15) is 0 Å². The summed E-state index contributed by atoms with van der Waals surface area (Å²) >= 11 is 0. The third kappa shape index (κ3) is 3.54. The third-order valence-corrected chi connectivity index (χ3v) is 4.25. The highest BCUT2D eigenvalue weighted by molar-refractivity contribution is 5.24. The van der Waals surface area contributed by atoms with Gasteiger partial charge in [-0.15, -0.1) is 0 Å². The molecule has 0 aromatic heterocycles. The average molecular weight is 265 g/mol. The van der Waals surface area contributed by atoms with E-state index in [1.54, 1.807) is 6.07 Å². The first-order valence-electron chi connectivity index (χ1n) is 7.15. The van der Waals surface area contributed by atoms with Crippen LogP contribution in [0.4, 0.5) is 4.39 Å². The molecule has 0 amide bonds. The summed E-state index contributed by atoms with van der Waals surface area (Å²) in [5.41, 5.74) is 1.52. The topological polar surface area (TPSA) is 32.3 Å². The first-order valence-corrected chi connectivity index (χ1v) is 7.15. The molecule has 2 rings (SSSR count). The van der Waals surface area contributed by atoms with E-state index in [0.717, 1.165) is 24.8 Å². The second-order valence-electron chi connectivity index (χ2n) is 6.09. The molecular formula is C16H24FNO. The Morgan fingerprint density at radius 3 is 2.95 bits per heavy atom. The Bertz CT molecular complexity index is 435. The molecule has 3 heteroatoms. The van der Waals surface area contributed by atoms with E-state index in [1.165, 1.54) is 12.5 Å². The van der Waals surface area contributed by atoms with Crippen molar-refractivity contribution in [3.63, 3.8) is 0 Å². The highest BCUT2D eigenvalue weighted by Gasteiger charge is 2.33. The van der Waals surface area contributed by atoms with Crippen LogP contribution in [0.5, 0.6) is 0 Å². The molecule has 1 aliphatic rings. The smallest absolute Gasteiger partial charge is 0.127 e. The van der Waals surface area contributed by atoms with Crippen molar-refractivity contribution in [2.45, 2.75) is 51.6 Å². The monoisotopic (exact) mass is 265 g/mol. The van der Waals surface area contributed by atoms with Gasteiger partial charge in [-0.3, -0.25) is 0 Å². The summed E-state index contributed by atoms with van der Waals surface area (Å²) in [4.78, 5) is 0. The maximum absolute atomic E-state index is 13.7. The lowest BCUT2D eigenvalue weighted by Crippen LogP contribution is -2.51. The molecule has 1 saturated carbocycles. The fourth-order valence-corrected chi connectivity index (χ4v) is 3.14. The summed E-state index contributed by atoms with van der Waals surface area (Å²) < 4.78 is 13.7. The van der Waals surface area contributed by atoms with Crippen LogP contribution < -0.4 is 5.32 Å². The maximum Gasteiger partial charge on any atom is 0.127 e. The molecule has 1 aromatic rings. The van der Waals surface area contributed by atoms with Crippen molar-refractivity contribution >= 4 is 0 Å². The van der Waals surface area contributed by atoms with Gasteiger partial charge in [0, 0.05) is 17.6 Å². The minimum absolute atomic E-state index is 0.130. The van der Waals surface area contributed by atoms with Gasteiger partial charge < -0.3 is 10.4 Å². The zero-order valence-corrected chi connectivity index (χ0v) is 11.9. The standard InChI is InChI=1S/C16H24FNO/c1-12-5-6-15(17)14(8-12)10-18-16(11-19)7-3-4-13(2)9-16/h5-6,8,13,18-19H,3-4,7,9-11H2,1-2H3. The van der Waals surface area contributed by atoms with Crippen LogP contribution in [-0.2, 0) is 6.54 Å². The molecule has 2 atom stereocenters. The van der Waals surface area contributed by atoms with Gasteiger partial charge in [0.2, 0.25) is 0 Å². The number of rotatable bonds is 4. The van der Waals surface area contributed by atoms with Gasteiger partial charge in [-0.25, -0.2) is 4.39 Å². The predicted octanol–water partition coefficient (Wildman–Crippen LogP) is 3.16. The van der Waals surface area contributed by atoms with Crippen molar-refractivity contribution in [1.82, 2.24) is 5.32 Å². The zero-order valence-electron chi connectivity index (χ0n) is 11.9. The number of hydrogen-bond donors (Lipinski definition) is 2. The summed E-state index contributed by atoms with van der Waals surface area (Å²) in [6.45, 7) is 4.80. The summed E-state index contributed by atoms with van der Waals surface area (Å²) in [6, 6.07) is 5.17. The SMILES string of the molecule is Cc1ccc(F)c(CNC2(CO)CCCC(C)C2)c1. The maximum atomic E-state index is 13.7. The molecule has 2 unspecified atom stereocenters. The fourth-order valence-electron chi connectivity index (χ4n) is 3.14. The fraction of sp³-hybridized carbons (Fsp3) is 0.625. The average Bonchev–Trinajstić information content (AvgIpc) is 2.40. The molecule has 1 aliphatic carbocycles. The minimum Gasteiger partial charge on any atom is -0.394 e. The lowest BCUT2D eigenvalue weighted by molar-refractivity contribution is 0.0979. The molecule has 0 aliphatic heterocycles. The molecule has 1 fully saturated rings. The van der Waals surface area contributed by atoms with Gasteiger partial charge in [0.15, 0.2) is 0 Å². The molecule has 2 N–H and O–H groups in total. The number of hydrogen-bond acceptors (Lipinski definition) is 2. The predicted molar refractivity (Wildman–Crippen MR) is 75.4 cm³/mol. The molecule has 19 heavy (non-hydrogen) atoms. The first-order chi connectivity index (χ1) is 9.04. The normalized spacial score (nSPS) is 27.5. The van der Waals surface area contributed by atoms with E-state index in [2.05, 4.69) is 12.2 Å². The molecule has 0 bridgehead atoms. The Hall–Kier alpha value is -0.930. The lowest BCUT2D eigenvalue weighted by Gasteiger charge is -2.39. The van der Waals surface area contributed by atoms with Crippen molar-refractivity contribution < 1.29 is 9.50 Å². The van der Waals surface area contributed by atoms with Gasteiger partial charge >= 0.3 is 0 Å². The van der Waals surface area contributed by atoms with Crippen LogP contribution in [-0.4, -0.2) is 17.3 Å². The lowest BCUT2D eigenvalue weighted by atomic mass is 9.76. The largest absolute Gasteiger partial charge is 0.394 e. The van der Waals surface area contributed by atoms with E-state index in [1.807, 2.05) is 13.0 Å². The van der Waals surface area contributed by atoms with Crippen LogP contribution in [0.2, 0.25) is 0 Å². The summed E-state index contributed by atoms with van der Waals surface area (Å²) in [5.74, 6) is 0.450. The second-order valence-corrected chi connectivity index (χ2v) is 6.09. The van der Waals surface area contributed by atoms with Crippen LogP contribution in [0.3, 0.4) is 0 Å². The zero-order chi connectivity index (χ0) is 13.9. The molecule has 0 spiro atoms. The Balaban J connectivity index is 2.05. The highest BCUT2D eigenvalue weighted by Crippen LogP contribution is 2.32. The Kier molecular flexibility index (Phi) is 4.58. The van der Waals surface area contributed by atoms with Gasteiger partial charge in [-0.05, 0) is 31.7 Å². The summed E-state index contributed by atoms with van der Waals surface area (Å²) in [5, 5.41) is 13.1. The van der Waals surface area contributed by atoms with Crippen LogP contribution in [0, 0.1) is 18.7 Å². The van der Waals surface area contributed by atoms with Crippen molar-refractivity contribution in [3.05, 3.63) is 35.1 Å². The van der Waals surface area contributed by atoms with Crippen molar-refractivity contribution in [2.75, 3.05) is 6.61 Å². The van der Waals surface area contributed by atoms with Crippen LogP contribution in [0.25, 0.3) is 0 Å². The molecule has 1 aromatic carbocycles. The van der Waals surface area contributed by atoms with Crippen LogP contribution >= 0.6 is 0 Å². The second kappa shape index (κ2) is 6.02. The van der Waals surface area contributed by atoms with E-state index >= 15 is 0 Å². The Morgan fingerprint density at radius 1 is 1.47 bits per heavy atom. The summed E-state index contributed by atoms with van der Waals surface area (Å²) in [7, 11) is 0. The van der Waals surface area contributed by atoms with Gasteiger partial charge in [0.1, 0.15) is 5.82 Å². The number of aryl methyl sites for hydroxylation is 1. The highest BCUT2D eigenvalue weighted by atomic mass is 19.1. The van der Waals surface area contributed by atoms with Gasteiger partial charge in [0.25, 0.3) is 0 Å². The van der Waals surface area contributed by atoms with Crippen molar-refractivity contribution in [2.24, 2.45) is 5.92 Å². The number of halogens is 1. The molecular weight excluding hydrogens is 241 g/mol. The molecule has 2 nitrogen and oxygen atoms in total. The number of aliphatic hydroxyl groups excluding tert-OH is 1. The summed E-state index contributed by atoms with van der Waals surface area (Å²) in [6.07, 6.45) is 4.30. The molecule has 0 saturated heterocycles. The van der Waals surface area contributed by atoms with Crippen LogP contribution in [0.1, 0.15) is 43.7 Å². The Morgan fingerprint density at radius 2 is 2.26 bits per heavy atom. The van der Waals surface area contributed by atoms with Gasteiger partial charge in [0.05, 0.1) is 6.61 Å². The van der Waals surface area contributed by atoms with E-state index in [4.69, 9.17) is 0 Å². The number of nitrogens with one attached hydrogen (secondary N) is 1. The molecule has 106 valence electrons. The number of benzene rings is 1. The van der Waals surface area contributed by atoms with E-state index in [9.17, 15) is 9.50 Å². The van der Waals surface area contributed by atoms with Crippen LogP contribution in [0.15, 0.2) is 18.2 Å². The first kappa shape index (κ1) is 14.5. The van der Waals surface area contributed by atoms with Gasteiger partial charge in [-0.1, -0.05) is 37.5 Å². The third-order valence-electron chi connectivity index (χ3n) is 4.25. The van der Waals surface area contributed by atoms with E-state index in [-0.39, 0.29) is 18.0 Å². The van der Waals surface area contributed by atoms with E-state index in [0.29, 0.717) is 18.0 Å². The van der Waals surface area contributed by atoms with Crippen molar-refractivity contribution in [1.29, 1.82) is 0 Å².